The zero-order valence-corrected chi connectivity index (χ0v) is 16.9. The van der Waals surface area contributed by atoms with Crippen LogP contribution in [0.15, 0.2) is 60.7 Å². The fourth-order valence-electron chi connectivity index (χ4n) is 6.57. The maximum absolute atomic E-state index is 13.3. The lowest BCUT2D eigenvalue weighted by molar-refractivity contribution is -0.178. The quantitative estimate of drug-likeness (QED) is 0.774. The second-order valence-electron chi connectivity index (χ2n) is 9.54. The number of hydrogen-bond donors (Lipinski definition) is 2. The van der Waals surface area contributed by atoms with Crippen molar-refractivity contribution in [2.45, 2.75) is 44.1 Å². The average Bonchev–Trinajstić information content (AvgIpc) is 2.70. The summed E-state index contributed by atoms with van der Waals surface area (Å²) in [7, 11) is 0. The molecule has 0 heterocycles. The third-order valence-electron chi connectivity index (χ3n) is 7.27. The van der Waals surface area contributed by atoms with E-state index in [4.69, 9.17) is 0 Å². The number of amides is 1. The van der Waals surface area contributed by atoms with Gasteiger partial charge in [-0.3, -0.25) is 4.79 Å². The van der Waals surface area contributed by atoms with Gasteiger partial charge in [0.2, 0.25) is 5.91 Å². The van der Waals surface area contributed by atoms with Crippen LogP contribution < -0.4 is 10.2 Å². The van der Waals surface area contributed by atoms with Crippen molar-refractivity contribution >= 4 is 17.3 Å². The second kappa shape index (κ2) is 7.17. The molecule has 2 N–H and O–H groups in total. The molecule has 2 aromatic carbocycles. The van der Waals surface area contributed by atoms with E-state index < -0.39 is 5.60 Å². The summed E-state index contributed by atoms with van der Waals surface area (Å²) in [6.45, 7) is 1.31. The number of benzene rings is 2. The molecule has 4 heteroatoms. The van der Waals surface area contributed by atoms with Crippen LogP contribution in [-0.2, 0) is 4.79 Å². The first-order valence-electron chi connectivity index (χ1n) is 10.9. The minimum Gasteiger partial charge on any atom is -0.390 e. The number of rotatable bonds is 6. The standard InChI is InChI=1S/C25H30N2O2/c28-23(24-14-19-13-20(15-24)17-25(29,16-19)18-24)26-11-12-27(21-7-3-1-4-8-21)22-9-5-2-6-10-22/h1-10,19-20,29H,11-18H2,(H,26,28). The average molecular weight is 391 g/mol. The Hall–Kier alpha value is -2.33. The normalized spacial score (nSPS) is 32.2. The molecular weight excluding hydrogens is 360 g/mol. The molecule has 4 aliphatic rings. The van der Waals surface area contributed by atoms with Gasteiger partial charge in [0, 0.05) is 24.5 Å². The molecule has 0 saturated heterocycles. The van der Waals surface area contributed by atoms with Gasteiger partial charge in [0.1, 0.15) is 0 Å². The molecule has 1 amide bonds. The molecule has 2 aromatic rings. The van der Waals surface area contributed by atoms with Crippen LogP contribution in [0.4, 0.5) is 11.4 Å². The lowest BCUT2D eigenvalue weighted by Crippen LogP contribution is -2.60. The van der Waals surface area contributed by atoms with Gasteiger partial charge in [-0.05, 0) is 74.6 Å². The van der Waals surface area contributed by atoms with Crippen LogP contribution in [0.25, 0.3) is 0 Å². The molecule has 4 aliphatic carbocycles. The highest BCUT2D eigenvalue weighted by Crippen LogP contribution is 2.61. The zero-order valence-electron chi connectivity index (χ0n) is 16.9. The van der Waals surface area contributed by atoms with Crippen LogP contribution in [0.1, 0.15) is 38.5 Å². The summed E-state index contributed by atoms with van der Waals surface area (Å²) in [6, 6.07) is 20.6. The number of para-hydroxylation sites is 2. The number of carbonyl (C=O) groups is 1. The van der Waals surface area contributed by atoms with Gasteiger partial charge in [0.15, 0.2) is 0 Å². The van der Waals surface area contributed by atoms with Crippen molar-refractivity contribution < 1.29 is 9.90 Å². The van der Waals surface area contributed by atoms with E-state index in [9.17, 15) is 9.90 Å². The van der Waals surface area contributed by atoms with Crippen LogP contribution in [0.5, 0.6) is 0 Å². The van der Waals surface area contributed by atoms with Crippen molar-refractivity contribution in [2.24, 2.45) is 17.3 Å². The monoisotopic (exact) mass is 390 g/mol. The minimum atomic E-state index is -0.596. The Balaban J connectivity index is 1.28. The summed E-state index contributed by atoms with van der Waals surface area (Å²) in [5.41, 5.74) is 1.30. The van der Waals surface area contributed by atoms with Crippen molar-refractivity contribution in [3.63, 3.8) is 0 Å². The number of nitrogens with zero attached hydrogens (tertiary/aromatic N) is 1. The highest BCUT2D eigenvalue weighted by Gasteiger charge is 2.60. The molecule has 29 heavy (non-hydrogen) atoms. The van der Waals surface area contributed by atoms with Crippen LogP contribution in [0.3, 0.4) is 0 Å². The van der Waals surface area contributed by atoms with Gasteiger partial charge in [0.25, 0.3) is 0 Å². The van der Waals surface area contributed by atoms with Crippen molar-refractivity contribution in [1.82, 2.24) is 5.32 Å². The van der Waals surface area contributed by atoms with Crippen molar-refractivity contribution in [3.8, 4) is 0 Å². The Morgan fingerprint density at radius 1 is 0.931 bits per heavy atom. The predicted molar refractivity (Wildman–Crippen MR) is 115 cm³/mol. The largest absolute Gasteiger partial charge is 0.390 e. The summed E-state index contributed by atoms with van der Waals surface area (Å²) < 4.78 is 0. The van der Waals surface area contributed by atoms with Crippen LogP contribution in [-0.4, -0.2) is 29.7 Å². The molecule has 2 atom stereocenters. The van der Waals surface area contributed by atoms with Gasteiger partial charge in [0.05, 0.1) is 11.0 Å². The van der Waals surface area contributed by atoms with Crippen LogP contribution in [0, 0.1) is 17.3 Å². The molecule has 0 radical (unpaired) electrons. The third kappa shape index (κ3) is 3.55. The molecule has 4 fully saturated rings. The van der Waals surface area contributed by atoms with E-state index in [2.05, 4.69) is 34.5 Å². The Morgan fingerprint density at radius 3 is 2.00 bits per heavy atom. The SMILES string of the molecule is O=C(NCCN(c1ccccc1)c1ccccc1)C12CC3CC(CC(O)(C3)C1)C2. The summed E-state index contributed by atoms with van der Waals surface area (Å²) >= 11 is 0. The molecule has 0 aliphatic heterocycles. The molecule has 6 rings (SSSR count). The van der Waals surface area contributed by atoms with E-state index in [-0.39, 0.29) is 11.3 Å². The number of nitrogens with one attached hydrogen (secondary N) is 1. The van der Waals surface area contributed by atoms with E-state index in [1.165, 1.54) is 6.42 Å². The first kappa shape index (κ1) is 18.7. The van der Waals surface area contributed by atoms with Crippen molar-refractivity contribution in [1.29, 1.82) is 0 Å². The smallest absolute Gasteiger partial charge is 0.226 e. The lowest BCUT2D eigenvalue weighted by Gasteiger charge is -2.59. The van der Waals surface area contributed by atoms with Gasteiger partial charge < -0.3 is 15.3 Å². The zero-order chi connectivity index (χ0) is 19.9. The molecule has 4 bridgehead atoms. The van der Waals surface area contributed by atoms with E-state index >= 15 is 0 Å². The summed E-state index contributed by atoms with van der Waals surface area (Å²) in [4.78, 5) is 15.5. The van der Waals surface area contributed by atoms with Gasteiger partial charge in [-0.25, -0.2) is 0 Å². The molecular formula is C25H30N2O2. The summed E-state index contributed by atoms with van der Waals surface area (Å²) in [5.74, 6) is 1.21. The topological polar surface area (TPSA) is 52.6 Å². The first-order valence-corrected chi connectivity index (χ1v) is 10.9. The van der Waals surface area contributed by atoms with E-state index in [0.717, 1.165) is 37.1 Å². The minimum absolute atomic E-state index is 0.158. The highest BCUT2D eigenvalue weighted by molar-refractivity contribution is 5.83. The molecule has 4 nitrogen and oxygen atoms in total. The maximum atomic E-state index is 13.3. The Bertz CT molecular complexity index is 813. The van der Waals surface area contributed by atoms with Gasteiger partial charge >= 0.3 is 0 Å². The third-order valence-corrected chi connectivity index (χ3v) is 7.27. The van der Waals surface area contributed by atoms with Crippen molar-refractivity contribution in [2.75, 3.05) is 18.0 Å². The van der Waals surface area contributed by atoms with E-state index in [1.54, 1.807) is 0 Å². The predicted octanol–water partition coefficient (Wildman–Crippen LogP) is 4.27. The number of hydrogen-bond acceptors (Lipinski definition) is 3. The van der Waals surface area contributed by atoms with Crippen molar-refractivity contribution in [3.05, 3.63) is 60.7 Å². The highest BCUT2D eigenvalue weighted by atomic mass is 16.3. The Kier molecular flexibility index (Phi) is 4.62. The summed E-state index contributed by atoms with van der Waals surface area (Å²) in [5, 5.41) is 14.2. The molecule has 0 spiro atoms. The number of anilines is 2. The van der Waals surface area contributed by atoms with Crippen LogP contribution in [0.2, 0.25) is 0 Å². The first-order chi connectivity index (χ1) is 14.1. The van der Waals surface area contributed by atoms with E-state index in [1.807, 2.05) is 36.4 Å². The van der Waals surface area contributed by atoms with Crippen LogP contribution >= 0.6 is 0 Å². The van der Waals surface area contributed by atoms with Gasteiger partial charge in [-0.15, -0.1) is 0 Å². The molecule has 0 aromatic heterocycles. The summed E-state index contributed by atoms with van der Waals surface area (Å²) in [6.07, 6.45) is 5.56. The molecule has 2 unspecified atom stereocenters. The Morgan fingerprint density at radius 2 is 1.48 bits per heavy atom. The number of aliphatic hydroxyl groups is 1. The molecule has 4 saturated carbocycles. The number of carbonyl (C=O) groups excluding carboxylic acids is 1. The fraction of sp³-hybridized carbons (Fsp3) is 0.480. The maximum Gasteiger partial charge on any atom is 0.226 e. The van der Waals surface area contributed by atoms with Gasteiger partial charge in [-0.2, -0.15) is 0 Å². The fourth-order valence-corrected chi connectivity index (χ4v) is 6.57. The second-order valence-corrected chi connectivity index (χ2v) is 9.54. The van der Waals surface area contributed by atoms with Gasteiger partial charge in [-0.1, -0.05) is 36.4 Å². The lowest BCUT2D eigenvalue weighted by atomic mass is 9.47. The van der Waals surface area contributed by atoms with E-state index in [0.29, 0.717) is 31.3 Å². The molecule has 152 valence electrons. The Labute approximate surface area is 172 Å².